The molecule has 112 valence electrons. The van der Waals surface area contributed by atoms with Crippen LogP contribution in [0.5, 0.6) is 0 Å². The van der Waals surface area contributed by atoms with Crippen LogP contribution in [-0.4, -0.2) is 18.1 Å². The van der Waals surface area contributed by atoms with Gasteiger partial charge in [-0.2, -0.15) is 0 Å². The second-order valence-corrected chi connectivity index (χ2v) is 6.93. The molecule has 0 spiro atoms. The van der Waals surface area contributed by atoms with Crippen LogP contribution in [0.1, 0.15) is 37.6 Å². The normalized spacial score (nSPS) is 16.4. The summed E-state index contributed by atoms with van der Waals surface area (Å²) in [5, 5.41) is 5.88. The standard InChI is InChI=1S/C17H23N3S/c1-13(2)16(15-8-6-12-21-15)19-14-7-5-9-18-17(14)20-10-3-4-11-20/h5-9,12-13,16,19H,3-4,10-11H2,1-2H3. The maximum atomic E-state index is 4.62. The molecule has 2 aromatic rings. The lowest BCUT2D eigenvalue weighted by Gasteiger charge is -2.26. The number of anilines is 2. The van der Waals surface area contributed by atoms with E-state index < -0.39 is 0 Å². The minimum absolute atomic E-state index is 0.343. The van der Waals surface area contributed by atoms with Crippen molar-refractivity contribution in [3.05, 3.63) is 40.7 Å². The minimum Gasteiger partial charge on any atom is -0.374 e. The van der Waals surface area contributed by atoms with Crippen molar-refractivity contribution in [1.29, 1.82) is 0 Å². The Hall–Kier alpha value is -1.55. The molecule has 2 aromatic heterocycles. The summed E-state index contributed by atoms with van der Waals surface area (Å²) in [7, 11) is 0. The lowest BCUT2D eigenvalue weighted by Crippen LogP contribution is -2.23. The molecule has 0 aliphatic carbocycles. The van der Waals surface area contributed by atoms with Gasteiger partial charge in [-0.25, -0.2) is 4.98 Å². The number of aromatic nitrogens is 1. The van der Waals surface area contributed by atoms with Crippen LogP contribution in [0.4, 0.5) is 11.5 Å². The fraction of sp³-hybridized carbons (Fsp3) is 0.471. The second-order valence-electron chi connectivity index (χ2n) is 5.95. The first-order valence-corrected chi connectivity index (χ1v) is 8.63. The van der Waals surface area contributed by atoms with Gasteiger partial charge in [0.25, 0.3) is 0 Å². The Morgan fingerprint density at radius 2 is 2.00 bits per heavy atom. The van der Waals surface area contributed by atoms with Crippen molar-refractivity contribution in [2.75, 3.05) is 23.3 Å². The molecular formula is C17H23N3S. The van der Waals surface area contributed by atoms with E-state index in [1.807, 2.05) is 23.6 Å². The first kappa shape index (κ1) is 14.4. The zero-order chi connectivity index (χ0) is 14.7. The highest BCUT2D eigenvalue weighted by Gasteiger charge is 2.21. The fourth-order valence-corrected chi connectivity index (χ4v) is 3.84. The average Bonchev–Trinajstić information content (AvgIpc) is 3.18. The Morgan fingerprint density at radius 1 is 1.19 bits per heavy atom. The topological polar surface area (TPSA) is 28.2 Å². The predicted molar refractivity (Wildman–Crippen MR) is 91.2 cm³/mol. The molecule has 0 radical (unpaired) electrons. The molecule has 0 bridgehead atoms. The highest BCUT2D eigenvalue weighted by molar-refractivity contribution is 7.10. The van der Waals surface area contributed by atoms with Crippen LogP contribution >= 0.6 is 11.3 Å². The molecule has 3 rings (SSSR count). The van der Waals surface area contributed by atoms with Crippen molar-refractivity contribution in [3.8, 4) is 0 Å². The van der Waals surface area contributed by atoms with Gasteiger partial charge in [-0.15, -0.1) is 11.3 Å². The van der Waals surface area contributed by atoms with E-state index in [-0.39, 0.29) is 0 Å². The van der Waals surface area contributed by atoms with Crippen LogP contribution in [-0.2, 0) is 0 Å². The van der Waals surface area contributed by atoms with Crippen LogP contribution in [0.3, 0.4) is 0 Å². The molecule has 21 heavy (non-hydrogen) atoms. The Bertz CT molecular complexity index is 559. The van der Waals surface area contributed by atoms with Crippen molar-refractivity contribution in [2.24, 2.45) is 5.92 Å². The van der Waals surface area contributed by atoms with Gasteiger partial charge < -0.3 is 10.2 Å². The van der Waals surface area contributed by atoms with Crippen LogP contribution < -0.4 is 10.2 Å². The molecule has 0 saturated carbocycles. The Kier molecular flexibility index (Phi) is 4.44. The van der Waals surface area contributed by atoms with Crippen LogP contribution in [0, 0.1) is 5.92 Å². The zero-order valence-electron chi connectivity index (χ0n) is 12.7. The first-order chi connectivity index (χ1) is 10.3. The molecule has 1 N–H and O–H groups in total. The fourth-order valence-electron chi connectivity index (χ4n) is 2.89. The molecule has 1 aliphatic rings. The van der Waals surface area contributed by atoms with Crippen molar-refractivity contribution >= 4 is 22.8 Å². The van der Waals surface area contributed by atoms with Crippen LogP contribution in [0.2, 0.25) is 0 Å². The van der Waals surface area contributed by atoms with Gasteiger partial charge in [0, 0.05) is 24.2 Å². The van der Waals surface area contributed by atoms with E-state index in [4.69, 9.17) is 0 Å². The summed E-state index contributed by atoms with van der Waals surface area (Å²) >= 11 is 1.82. The smallest absolute Gasteiger partial charge is 0.151 e. The van der Waals surface area contributed by atoms with Crippen molar-refractivity contribution in [3.63, 3.8) is 0 Å². The van der Waals surface area contributed by atoms with Gasteiger partial charge in [0.1, 0.15) is 0 Å². The van der Waals surface area contributed by atoms with E-state index in [0.717, 1.165) is 24.6 Å². The molecule has 1 atom stereocenters. The van der Waals surface area contributed by atoms with E-state index in [2.05, 4.69) is 52.6 Å². The lowest BCUT2D eigenvalue weighted by atomic mass is 10.0. The minimum atomic E-state index is 0.343. The predicted octanol–water partition coefficient (Wildman–Crippen LogP) is 4.55. The molecule has 3 nitrogen and oxygen atoms in total. The van der Waals surface area contributed by atoms with E-state index in [9.17, 15) is 0 Å². The molecule has 1 aliphatic heterocycles. The van der Waals surface area contributed by atoms with Gasteiger partial charge in [0.2, 0.25) is 0 Å². The SMILES string of the molecule is CC(C)C(Nc1cccnc1N1CCCC1)c1cccs1. The molecule has 4 heteroatoms. The van der Waals surface area contributed by atoms with E-state index >= 15 is 0 Å². The van der Waals surface area contributed by atoms with Crippen LogP contribution in [0.15, 0.2) is 35.8 Å². The maximum absolute atomic E-state index is 4.62. The van der Waals surface area contributed by atoms with Crippen LogP contribution in [0.25, 0.3) is 0 Å². The number of pyridine rings is 1. The molecule has 0 aromatic carbocycles. The maximum Gasteiger partial charge on any atom is 0.151 e. The number of nitrogens with one attached hydrogen (secondary N) is 1. The molecule has 3 heterocycles. The third-order valence-electron chi connectivity index (χ3n) is 4.02. The molecule has 1 unspecified atom stereocenters. The van der Waals surface area contributed by atoms with Gasteiger partial charge in [0.05, 0.1) is 11.7 Å². The van der Waals surface area contributed by atoms with Gasteiger partial charge in [-0.1, -0.05) is 19.9 Å². The number of hydrogen-bond acceptors (Lipinski definition) is 4. The van der Waals surface area contributed by atoms with Crippen molar-refractivity contribution in [1.82, 2.24) is 4.98 Å². The molecule has 0 amide bonds. The van der Waals surface area contributed by atoms with Crippen molar-refractivity contribution < 1.29 is 0 Å². The Balaban J connectivity index is 1.86. The highest BCUT2D eigenvalue weighted by Crippen LogP contribution is 2.33. The van der Waals surface area contributed by atoms with Gasteiger partial charge in [-0.05, 0) is 42.3 Å². The largest absolute Gasteiger partial charge is 0.374 e. The van der Waals surface area contributed by atoms with Gasteiger partial charge in [-0.3, -0.25) is 0 Å². The first-order valence-electron chi connectivity index (χ1n) is 7.75. The number of rotatable bonds is 5. The van der Waals surface area contributed by atoms with E-state index in [1.165, 1.54) is 17.7 Å². The number of nitrogens with zero attached hydrogens (tertiary/aromatic N) is 2. The summed E-state index contributed by atoms with van der Waals surface area (Å²) in [5.74, 6) is 1.65. The zero-order valence-corrected chi connectivity index (χ0v) is 13.6. The Labute approximate surface area is 131 Å². The van der Waals surface area contributed by atoms with Gasteiger partial charge in [0.15, 0.2) is 5.82 Å². The highest BCUT2D eigenvalue weighted by atomic mass is 32.1. The summed E-state index contributed by atoms with van der Waals surface area (Å²) in [5.41, 5.74) is 1.16. The van der Waals surface area contributed by atoms with E-state index in [1.54, 1.807) is 0 Å². The molecule has 1 fully saturated rings. The summed E-state index contributed by atoms with van der Waals surface area (Å²) in [6, 6.07) is 8.86. The van der Waals surface area contributed by atoms with E-state index in [0.29, 0.717) is 12.0 Å². The Morgan fingerprint density at radius 3 is 2.67 bits per heavy atom. The summed E-state index contributed by atoms with van der Waals surface area (Å²) in [6.07, 6.45) is 4.44. The molecule has 1 saturated heterocycles. The summed E-state index contributed by atoms with van der Waals surface area (Å²) < 4.78 is 0. The molecular weight excluding hydrogens is 278 g/mol. The lowest BCUT2D eigenvalue weighted by molar-refractivity contribution is 0.553. The average molecular weight is 301 g/mol. The summed E-state index contributed by atoms with van der Waals surface area (Å²) in [4.78, 5) is 8.41. The second kappa shape index (κ2) is 6.48. The third kappa shape index (κ3) is 3.21. The van der Waals surface area contributed by atoms with Gasteiger partial charge >= 0.3 is 0 Å². The number of hydrogen-bond donors (Lipinski definition) is 1. The quantitative estimate of drug-likeness (QED) is 0.878. The van der Waals surface area contributed by atoms with Crippen molar-refractivity contribution in [2.45, 2.75) is 32.7 Å². The monoisotopic (exact) mass is 301 g/mol. The number of thiophene rings is 1. The summed E-state index contributed by atoms with van der Waals surface area (Å²) in [6.45, 7) is 6.78. The third-order valence-corrected chi connectivity index (χ3v) is 4.98.